The summed E-state index contributed by atoms with van der Waals surface area (Å²) in [5.74, 6) is 0.0252. The largest absolute Gasteiger partial charge is 0.436 e. The summed E-state index contributed by atoms with van der Waals surface area (Å²) < 4.78 is 6.69. The number of aromatic nitrogens is 1. The maximum absolute atomic E-state index is 12.4. The average molecular weight is 438 g/mol. The van der Waals surface area contributed by atoms with Crippen LogP contribution in [0.1, 0.15) is 10.4 Å². The molecule has 1 N–H and O–H groups in total. The van der Waals surface area contributed by atoms with E-state index in [9.17, 15) is 14.9 Å². The monoisotopic (exact) mass is 437 g/mol. The molecule has 0 atom stereocenters. The lowest BCUT2D eigenvalue weighted by molar-refractivity contribution is -0.384. The Morgan fingerprint density at radius 1 is 1.07 bits per heavy atom. The van der Waals surface area contributed by atoms with Crippen molar-refractivity contribution >= 4 is 44.3 Å². The quantitative estimate of drug-likeness (QED) is 0.339. The Labute approximate surface area is 167 Å². The highest BCUT2D eigenvalue weighted by atomic mass is 79.9. The van der Waals surface area contributed by atoms with Crippen LogP contribution in [0.4, 0.5) is 11.4 Å². The number of anilines is 1. The van der Waals surface area contributed by atoms with Gasteiger partial charge >= 0.3 is 0 Å². The average Bonchev–Trinajstić information content (AvgIpc) is 3.11. The van der Waals surface area contributed by atoms with Crippen LogP contribution in [0.25, 0.3) is 22.6 Å². The number of oxazole rings is 1. The molecule has 1 amide bonds. The first-order chi connectivity index (χ1) is 13.5. The van der Waals surface area contributed by atoms with Gasteiger partial charge in [0.25, 0.3) is 11.6 Å². The summed E-state index contributed by atoms with van der Waals surface area (Å²) in [4.78, 5) is 27.2. The maximum atomic E-state index is 12.4. The number of carbonyl (C=O) groups is 1. The number of hydrogen-bond acceptors (Lipinski definition) is 5. The van der Waals surface area contributed by atoms with E-state index in [1.165, 1.54) is 24.3 Å². The molecule has 0 radical (unpaired) electrons. The molecule has 1 aromatic heterocycles. The lowest BCUT2D eigenvalue weighted by Crippen LogP contribution is -2.12. The number of hydrogen-bond donors (Lipinski definition) is 1. The number of nitro groups is 1. The third kappa shape index (κ3) is 3.63. The molecule has 138 valence electrons. The molecule has 28 heavy (non-hydrogen) atoms. The first-order valence-corrected chi connectivity index (χ1v) is 9.01. The van der Waals surface area contributed by atoms with Crippen molar-refractivity contribution in [1.82, 2.24) is 4.98 Å². The van der Waals surface area contributed by atoms with Gasteiger partial charge in [-0.1, -0.05) is 28.1 Å². The van der Waals surface area contributed by atoms with Crippen LogP contribution in [0.5, 0.6) is 0 Å². The molecule has 0 bridgehead atoms. The summed E-state index contributed by atoms with van der Waals surface area (Å²) >= 11 is 3.42. The minimum atomic E-state index is -0.540. The molecule has 7 nitrogen and oxygen atoms in total. The lowest BCUT2D eigenvalue weighted by atomic mass is 10.2. The molecule has 0 aliphatic rings. The summed E-state index contributed by atoms with van der Waals surface area (Å²) in [6.07, 6.45) is 0. The van der Waals surface area contributed by atoms with Gasteiger partial charge in [0.15, 0.2) is 5.58 Å². The molecular formula is C20H12BrN3O4. The Morgan fingerprint density at radius 3 is 2.68 bits per heavy atom. The van der Waals surface area contributed by atoms with Crippen molar-refractivity contribution in [2.75, 3.05) is 5.32 Å². The van der Waals surface area contributed by atoms with Crippen LogP contribution in [0.15, 0.2) is 75.6 Å². The number of benzene rings is 3. The number of nitrogens with zero attached hydrogens (tertiary/aromatic N) is 2. The van der Waals surface area contributed by atoms with Crippen molar-refractivity contribution in [1.29, 1.82) is 0 Å². The predicted molar refractivity (Wildman–Crippen MR) is 108 cm³/mol. The Kier molecular flexibility index (Phi) is 4.62. The zero-order valence-electron chi connectivity index (χ0n) is 14.3. The first-order valence-electron chi connectivity index (χ1n) is 8.22. The summed E-state index contributed by atoms with van der Waals surface area (Å²) in [5, 5.41) is 13.6. The fraction of sp³-hybridized carbons (Fsp3) is 0. The number of carbonyl (C=O) groups excluding carboxylic acids is 1. The molecule has 1 heterocycles. The second-order valence-electron chi connectivity index (χ2n) is 5.97. The van der Waals surface area contributed by atoms with Crippen molar-refractivity contribution in [3.63, 3.8) is 0 Å². The normalized spacial score (nSPS) is 10.8. The zero-order chi connectivity index (χ0) is 19.7. The van der Waals surface area contributed by atoms with Gasteiger partial charge in [-0.05, 0) is 42.5 Å². The number of nitro benzene ring substituents is 1. The third-order valence-electron chi connectivity index (χ3n) is 4.04. The smallest absolute Gasteiger partial charge is 0.270 e. The molecule has 0 aliphatic heterocycles. The number of non-ortho nitro benzene ring substituents is 1. The molecule has 0 saturated carbocycles. The van der Waals surface area contributed by atoms with Gasteiger partial charge in [0, 0.05) is 33.4 Å². The van der Waals surface area contributed by atoms with Gasteiger partial charge < -0.3 is 9.73 Å². The second-order valence-corrected chi connectivity index (χ2v) is 6.89. The fourth-order valence-electron chi connectivity index (χ4n) is 2.71. The summed E-state index contributed by atoms with van der Waals surface area (Å²) in [7, 11) is 0. The Bertz CT molecular complexity index is 1220. The second kappa shape index (κ2) is 7.24. The van der Waals surface area contributed by atoms with E-state index in [0.717, 1.165) is 10.0 Å². The molecule has 0 spiro atoms. The van der Waals surface area contributed by atoms with Crippen LogP contribution in [0.3, 0.4) is 0 Å². The van der Waals surface area contributed by atoms with E-state index < -0.39 is 10.8 Å². The summed E-state index contributed by atoms with van der Waals surface area (Å²) in [5.41, 5.74) is 2.57. The van der Waals surface area contributed by atoms with Gasteiger partial charge in [0.05, 0.1) is 4.92 Å². The molecule has 0 aliphatic carbocycles. The van der Waals surface area contributed by atoms with Crippen molar-refractivity contribution < 1.29 is 14.1 Å². The lowest BCUT2D eigenvalue weighted by Gasteiger charge is -2.04. The third-order valence-corrected chi connectivity index (χ3v) is 4.53. The van der Waals surface area contributed by atoms with Crippen molar-refractivity contribution in [3.05, 3.63) is 86.9 Å². The van der Waals surface area contributed by atoms with Gasteiger partial charge in [-0.25, -0.2) is 4.98 Å². The standard InChI is InChI=1S/C20H12BrN3O4/c21-14-5-1-4-13(9-14)20-23-17-11-15(7-8-18(17)28-20)22-19(25)12-3-2-6-16(10-12)24(26)27/h1-11H,(H,22,25). The summed E-state index contributed by atoms with van der Waals surface area (Å²) in [6, 6.07) is 18.2. The van der Waals surface area contributed by atoms with Crippen molar-refractivity contribution in [3.8, 4) is 11.5 Å². The van der Waals surface area contributed by atoms with E-state index >= 15 is 0 Å². The van der Waals surface area contributed by atoms with E-state index in [2.05, 4.69) is 26.2 Å². The van der Waals surface area contributed by atoms with E-state index in [1.54, 1.807) is 18.2 Å². The molecule has 4 aromatic rings. The van der Waals surface area contributed by atoms with Crippen LogP contribution in [-0.4, -0.2) is 15.8 Å². The predicted octanol–water partition coefficient (Wildman–Crippen LogP) is 5.42. The van der Waals surface area contributed by atoms with Gasteiger partial charge in [0.1, 0.15) is 5.52 Å². The van der Waals surface area contributed by atoms with Crippen LogP contribution >= 0.6 is 15.9 Å². The number of amides is 1. The maximum Gasteiger partial charge on any atom is 0.270 e. The molecule has 0 unspecified atom stereocenters. The first kappa shape index (κ1) is 17.9. The molecule has 4 rings (SSSR count). The van der Waals surface area contributed by atoms with Crippen LogP contribution < -0.4 is 5.32 Å². The van der Waals surface area contributed by atoms with Crippen molar-refractivity contribution in [2.45, 2.75) is 0 Å². The van der Waals surface area contributed by atoms with E-state index in [1.807, 2.05) is 24.3 Å². The van der Waals surface area contributed by atoms with Gasteiger partial charge in [-0.2, -0.15) is 0 Å². The Morgan fingerprint density at radius 2 is 1.89 bits per heavy atom. The van der Waals surface area contributed by atoms with Crippen LogP contribution in [0, 0.1) is 10.1 Å². The number of halogens is 1. The number of nitrogens with one attached hydrogen (secondary N) is 1. The topological polar surface area (TPSA) is 98.3 Å². The zero-order valence-corrected chi connectivity index (χ0v) is 15.8. The molecule has 0 fully saturated rings. The van der Waals surface area contributed by atoms with Crippen LogP contribution in [0.2, 0.25) is 0 Å². The van der Waals surface area contributed by atoms with Gasteiger partial charge in [-0.3, -0.25) is 14.9 Å². The highest BCUT2D eigenvalue weighted by Gasteiger charge is 2.13. The highest BCUT2D eigenvalue weighted by molar-refractivity contribution is 9.10. The SMILES string of the molecule is O=C(Nc1ccc2oc(-c3cccc(Br)c3)nc2c1)c1cccc([N+](=O)[O-])c1. The van der Waals surface area contributed by atoms with Gasteiger partial charge in [0.2, 0.25) is 5.89 Å². The van der Waals surface area contributed by atoms with E-state index in [-0.39, 0.29) is 11.3 Å². The minimum absolute atomic E-state index is 0.140. The Balaban J connectivity index is 1.60. The van der Waals surface area contributed by atoms with Gasteiger partial charge in [-0.15, -0.1) is 0 Å². The highest BCUT2D eigenvalue weighted by Crippen LogP contribution is 2.28. The van der Waals surface area contributed by atoms with E-state index in [4.69, 9.17) is 4.42 Å². The van der Waals surface area contributed by atoms with Crippen LogP contribution in [-0.2, 0) is 0 Å². The minimum Gasteiger partial charge on any atom is -0.436 e. The molecule has 3 aromatic carbocycles. The molecule has 0 saturated heterocycles. The fourth-order valence-corrected chi connectivity index (χ4v) is 3.11. The number of rotatable bonds is 4. The number of fused-ring (bicyclic) bond motifs is 1. The van der Waals surface area contributed by atoms with Crippen molar-refractivity contribution in [2.24, 2.45) is 0 Å². The summed E-state index contributed by atoms with van der Waals surface area (Å²) in [6.45, 7) is 0. The Hall–Kier alpha value is -3.52. The molecule has 8 heteroatoms. The molecular weight excluding hydrogens is 426 g/mol. The van der Waals surface area contributed by atoms with E-state index in [0.29, 0.717) is 22.7 Å².